The SMILES string of the molecule is O=C(O)c1cc(-c2ccc(Oc3ccccc3)cc2)nc2ccc([N+](=O)[O-])cc12. The average molecular weight is 386 g/mol. The molecule has 7 heteroatoms. The van der Waals surface area contributed by atoms with Crippen molar-refractivity contribution in [2.45, 2.75) is 0 Å². The van der Waals surface area contributed by atoms with E-state index in [1.54, 1.807) is 24.3 Å². The number of rotatable bonds is 5. The number of aromatic carboxylic acids is 1. The van der Waals surface area contributed by atoms with Gasteiger partial charge in [-0.3, -0.25) is 10.1 Å². The number of carbonyl (C=O) groups is 1. The van der Waals surface area contributed by atoms with Crippen molar-refractivity contribution < 1.29 is 19.6 Å². The Bertz CT molecular complexity index is 1220. The first kappa shape index (κ1) is 18.1. The summed E-state index contributed by atoms with van der Waals surface area (Å²) >= 11 is 0. The van der Waals surface area contributed by atoms with Crippen LogP contribution < -0.4 is 4.74 Å². The highest BCUT2D eigenvalue weighted by Gasteiger charge is 2.16. The van der Waals surface area contributed by atoms with Crippen LogP contribution in [0.15, 0.2) is 78.9 Å². The number of benzene rings is 3. The van der Waals surface area contributed by atoms with Gasteiger partial charge in [-0.15, -0.1) is 0 Å². The number of non-ortho nitro benzene ring substituents is 1. The maximum atomic E-state index is 11.7. The number of pyridine rings is 1. The summed E-state index contributed by atoms with van der Waals surface area (Å²) in [6.07, 6.45) is 0. The fraction of sp³-hybridized carbons (Fsp3) is 0. The van der Waals surface area contributed by atoms with Gasteiger partial charge in [0, 0.05) is 23.1 Å². The van der Waals surface area contributed by atoms with Gasteiger partial charge in [-0.1, -0.05) is 18.2 Å². The lowest BCUT2D eigenvalue weighted by atomic mass is 10.0. The number of aromatic nitrogens is 1. The highest BCUT2D eigenvalue weighted by atomic mass is 16.6. The van der Waals surface area contributed by atoms with Crippen molar-refractivity contribution in [3.8, 4) is 22.8 Å². The molecule has 0 aliphatic rings. The van der Waals surface area contributed by atoms with E-state index >= 15 is 0 Å². The number of ether oxygens (including phenoxy) is 1. The van der Waals surface area contributed by atoms with Crippen molar-refractivity contribution in [1.29, 1.82) is 0 Å². The Morgan fingerprint density at radius 2 is 1.62 bits per heavy atom. The van der Waals surface area contributed by atoms with Gasteiger partial charge in [0.25, 0.3) is 5.69 Å². The zero-order valence-electron chi connectivity index (χ0n) is 15.0. The molecule has 0 radical (unpaired) electrons. The van der Waals surface area contributed by atoms with E-state index in [4.69, 9.17) is 4.74 Å². The minimum Gasteiger partial charge on any atom is -0.478 e. The van der Waals surface area contributed by atoms with E-state index in [2.05, 4.69) is 4.98 Å². The number of fused-ring (bicyclic) bond motifs is 1. The minimum atomic E-state index is -1.18. The summed E-state index contributed by atoms with van der Waals surface area (Å²) in [6, 6.07) is 21.8. The van der Waals surface area contributed by atoms with Gasteiger partial charge in [-0.2, -0.15) is 0 Å². The van der Waals surface area contributed by atoms with E-state index in [0.29, 0.717) is 28.3 Å². The number of hydrogen-bond donors (Lipinski definition) is 1. The fourth-order valence-electron chi connectivity index (χ4n) is 2.97. The Morgan fingerprint density at radius 3 is 2.28 bits per heavy atom. The second kappa shape index (κ2) is 7.40. The topological polar surface area (TPSA) is 103 Å². The first-order valence-electron chi connectivity index (χ1n) is 8.67. The van der Waals surface area contributed by atoms with Gasteiger partial charge in [-0.05, 0) is 48.5 Å². The quantitative estimate of drug-likeness (QED) is 0.369. The molecule has 0 saturated carbocycles. The summed E-state index contributed by atoms with van der Waals surface area (Å²) in [5.74, 6) is 0.164. The zero-order chi connectivity index (χ0) is 20.4. The summed E-state index contributed by atoms with van der Waals surface area (Å²) in [7, 11) is 0. The second-order valence-electron chi connectivity index (χ2n) is 6.26. The van der Waals surface area contributed by atoms with Gasteiger partial charge < -0.3 is 9.84 Å². The Morgan fingerprint density at radius 1 is 0.931 bits per heavy atom. The van der Waals surface area contributed by atoms with Gasteiger partial charge in [0.15, 0.2) is 0 Å². The van der Waals surface area contributed by atoms with Crippen LogP contribution in [0.2, 0.25) is 0 Å². The minimum absolute atomic E-state index is 0.0432. The molecule has 0 aliphatic heterocycles. The van der Waals surface area contributed by atoms with Crippen molar-refractivity contribution in [2.24, 2.45) is 0 Å². The number of hydrogen-bond acceptors (Lipinski definition) is 5. The van der Waals surface area contributed by atoms with Gasteiger partial charge in [-0.25, -0.2) is 9.78 Å². The van der Waals surface area contributed by atoms with Crippen LogP contribution in [-0.4, -0.2) is 21.0 Å². The smallest absolute Gasteiger partial charge is 0.336 e. The Hall–Kier alpha value is -4.26. The average Bonchev–Trinajstić information content (AvgIpc) is 2.73. The van der Waals surface area contributed by atoms with Crippen molar-refractivity contribution in [3.05, 3.63) is 94.5 Å². The molecule has 3 aromatic carbocycles. The highest BCUT2D eigenvalue weighted by molar-refractivity contribution is 6.04. The monoisotopic (exact) mass is 386 g/mol. The van der Waals surface area contributed by atoms with Gasteiger partial charge >= 0.3 is 5.97 Å². The lowest BCUT2D eigenvalue weighted by molar-refractivity contribution is -0.384. The molecule has 29 heavy (non-hydrogen) atoms. The summed E-state index contributed by atoms with van der Waals surface area (Å²) in [5.41, 5.74) is 1.30. The van der Waals surface area contributed by atoms with Crippen LogP contribution in [0.1, 0.15) is 10.4 Å². The van der Waals surface area contributed by atoms with E-state index in [0.717, 1.165) is 0 Å². The molecular formula is C22H14N2O5. The van der Waals surface area contributed by atoms with Gasteiger partial charge in [0.2, 0.25) is 0 Å². The standard InChI is InChI=1S/C22H14N2O5/c25-22(26)19-13-21(23-20-11-8-15(24(27)28)12-18(19)20)14-6-9-17(10-7-14)29-16-4-2-1-3-5-16/h1-13H,(H,25,26). The molecule has 0 aliphatic carbocycles. The number of carboxylic acids is 1. The number of nitro groups is 1. The molecule has 0 amide bonds. The van der Waals surface area contributed by atoms with Crippen molar-refractivity contribution in [1.82, 2.24) is 4.98 Å². The molecule has 4 rings (SSSR count). The lowest BCUT2D eigenvalue weighted by Gasteiger charge is -2.09. The zero-order valence-corrected chi connectivity index (χ0v) is 15.0. The molecule has 0 atom stereocenters. The van der Waals surface area contributed by atoms with E-state index in [1.807, 2.05) is 30.3 Å². The van der Waals surface area contributed by atoms with Gasteiger partial charge in [0.1, 0.15) is 11.5 Å². The van der Waals surface area contributed by atoms with Crippen LogP contribution in [0, 0.1) is 10.1 Å². The summed E-state index contributed by atoms with van der Waals surface area (Å²) in [5, 5.41) is 20.8. The lowest BCUT2D eigenvalue weighted by Crippen LogP contribution is -2.01. The van der Waals surface area contributed by atoms with E-state index in [-0.39, 0.29) is 16.6 Å². The number of nitro benzene ring substituents is 1. The Balaban J connectivity index is 1.72. The van der Waals surface area contributed by atoms with E-state index in [1.165, 1.54) is 24.3 Å². The maximum absolute atomic E-state index is 11.7. The molecule has 4 aromatic rings. The summed E-state index contributed by atoms with van der Waals surface area (Å²) < 4.78 is 5.76. The van der Waals surface area contributed by atoms with Crippen molar-refractivity contribution in [3.63, 3.8) is 0 Å². The third-order valence-electron chi connectivity index (χ3n) is 4.36. The maximum Gasteiger partial charge on any atom is 0.336 e. The largest absolute Gasteiger partial charge is 0.478 e. The molecule has 1 N–H and O–H groups in total. The molecule has 142 valence electrons. The first-order chi connectivity index (χ1) is 14.0. The first-order valence-corrected chi connectivity index (χ1v) is 8.67. The molecule has 1 aromatic heterocycles. The number of carboxylic acid groups (broad SMARTS) is 1. The summed E-state index contributed by atoms with van der Waals surface area (Å²) in [6.45, 7) is 0. The molecule has 0 spiro atoms. The second-order valence-corrected chi connectivity index (χ2v) is 6.26. The number of para-hydroxylation sites is 1. The van der Waals surface area contributed by atoms with Crippen LogP contribution in [0.4, 0.5) is 5.69 Å². The van der Waals surface area contributed by atoms with Crippen LogP contribution >= 0.6 is 0 Å². The fourth-order valence-corrected chi connectivity index (χ4v) is 2.97. The predicted octanol–water partition coefficient (Wildman–Crippen LogP) is 5.30. The van der Waals surface area contributed by atoms with Gasteiger partial charge in [0.05, 0.1) is 21.7 Å². The Kier molecular flexibility index (Phi) is 4.62. The molecule has 0 saturated heterocycles. The molecule has 7 nitrogen and oxygen atoms in total. The van der Waals surface area contributed by atoms with Crippen molar-refractivity contribution >= 4 is 22.6 Å². The van der Waals surface area contributed by atoms with Crippen molar-refractivity contribution in [2.75, 3.05) is 0 Å². The van der Waals surface area contributed by atoms with Crippen LogP contribution in [0.25, 0.3) is 22.2 Å². The van der Waals surface area contributed by atoms with Crippen LogP contribution in [0.3, 0.4) is 0 Å². The third-order valence-corrected chi connectivity index (χ3v) is 4.36. The summed E-state index contributed by atoms with van der Waals surface area (Å²) in [4.78, 5) is 26.6. The molecule has 1 heterocycles. The third kappa shape index (κ3) is 3.74. The highest BCUT2D eigenvalue weighted by Crippen LogP contribution is 2.29. The van der Waals surface area contributed by atoms with E-state index < -0.39 is 10.9 Å². The molecule has 0 bridgehead atoms. The molecular weight excluding hydrogens is 372 g/mol. The van der Waals surface area contributed by atoms with E-state index in [9.17, 15) is 20.0 Å². The molecule has 0 fully saturated rings. The van der Waals surface area contributed by atoms with Crippen LogP contribution in [-0.2, 0) is 0 Å². The normalized spacial score (nSPS) is 10.6. The predicted molar refractivity (Wildman–Crippen MR) is 107 cm³/mol. The Labute approximate surface area is 165 Å². The number of nitrogens with zero attached hydrogens (tertiary/aromatic N) is 2. The molecule has 0 unspecified atom stereocenters. The van der Waals surface area contributed by atoms with Crippen LogP contribution in [0.5, 0.6) is 11.5 Å².